The summed E-state index contributed by atoms with van der Waals surface area (Å²) in [6, 6.07) is 2.67. The lowest BCUT2D eigenvalue weighted by molar-refractivity contribution is -0.132. The largest absolute Gasteiger partial charge is 0.493 e. The molecular formula is C33H48F2N4O3. The van der Waals surface area contributed by atoms with Crippen LogP contribution >= 0.6 is 0 Å². The van der Waals surface area contributed by atoms with Crippen LogP contribution in [-0.2, 0) is 4.79 Å². The molecule has 1 unspecified atom stereocenters. The Kier molecular flexibility index (Phi) is 13.4. The number of aliphatic imine (C=N–C) groups is 1. The maximum absolute atomic E-state index is 15.8. The molecule has 1 amide bonds. The Morgan fingerprint density at radius 1 is 1.17 bits per heavy atom. The lowest BCUT2D eigenvalue weighted by atomic mass is 9.86. The number of hydrogen-bond acceptors (Lipinski definition) is 6. The summed E-state index contributed by atoms with van der Waals surface area (Å²) in [5, 5.41) is 0. The highest BCUT2D eigenvalue weighted by Gasteiger charge is 2.36. The minimum absolute atomic E-state index is 0.0117. The first kappa shape index (κ1) is 34.7. The molecule has 0 bridgehead atoms. The maximum Gasteiger partial charge on any atom is 0.222 e. The van der Waals surface area contributed by atoms with E-state index in [-0.39, 0.29) is 58.5 Å². The number of amidine groups is 1. The maximum atomic E-state index is 15.8. The number of benzene rings is 1. The summed E-state index contributed by atoms with van der Waals surface area (Å²) < 4.78 is 37.3. The van der Waals surface area contributed by atoms with Crippen LogP contribution in [-0.4, -0.2) is 47.0 Å². The van der Waals surface area contributed by atoms with Crippen molar-refractivity contribution in [2.75, 3.05) is 19.7 Å². The molecule has 7 nitrogen and oxygen atoms in total. The number of unbranched alkanes of at least 4 members (excludes halogenated alkanes) is 1. The van der Waals surface area contributed by atoms with Gasteiger partial charge in [0.05, 0.1) is 24.1 Å². The molecule has 3 rings (SSSR count). The standard InChI is InChI=1S/C29H38F2N4O3.C4H10/c1-7-17(4)26(27-22(30)13-21(19(6)36)14-23(27)38-9-3)28-29(32)33-15-24(31)35(28)18(5)20-11-10-12-34(16-20)25(37)8-2;1-3-4-2/h13-15,17,20H,5,7-12,16H2,1-4,6H3,(H2,32,33);3-4H2,1-2H3/b28-26+;/t17-,20?;/m1./s1. The van der Waals surface area contributed by atoms with E-state index in [1.54, 1.807) is 11.8 Å². The van der Waals surface area contributed by atoms with Crippen molar-refractivity contribution in [3.05, 3.63) is 59.2 Å². The monoisotopic (exact) mass is 586 g/mol. The number of piperidine rings is 1. The van der Waals surface area contributed by atoms with E-state index in [0.717, 1.165) is 12.6 Å². The summed E-state index contributed by atoms with van der Waals surface area (Å²) >= 11 is 0. The van der Waals surface area contributed by atoms with Crippen molar-refractivity contribution in [2.24, 2.45) is 22.6 Å². The van der Waals surface area contributed by atoms with E-state index < -0.39 is 11.8 Å². The number of allylic oxidation sites excluding steroid dienone is 1. The molecule has 1 saturated heterocycles. The highest BCUT2D eigenvalue weighted by Crippen LogP contribution is 2.43. The number of nitrogens with two attached hydrogens (primary N) is 1. The minimum atomic E-state index is -0.697. The van der Waals surface area contributed by atoms with Crippen molar-refractivity contribution in [3.8, 4) is 5.75 Å². The van der Waals surface area contributed by atoms with Gasteiger partial charge in [-0.2, -0.15) is 4.39 Å². The van der Waals surface area contributed by atoms with E-state index in [9.17, 15) is 9.59 Å². The van der Waals surface area contributed by atoms with Gasteiger partial charge in [0.25, 0.3) is 0 Å². The van der Waals surface area contributed by atoms with Crippen LogP contribution in [0.4, 0.5) is 8.78 Å². The number of likely N-dealkylation sites (tertiary alicyclic amines) is 1. The zero-order chi connectivity index (χ0) is 31.6. The Morgan fingerprint density at radius 2 is 1.83 bits per heavy atom. The first-order valence-corrected chi connectivity index (χ1v) is 15.1. The molecule has 232 valence electrons. The van der Waals surface area contributed by atoms with Crippen LogP contribution in [0.5, 0.6) is 5.75 Å². The summed E-state index contributed by atoms with van der Waals surface area (Å²) in [6.07, 6.45) is 6.10. The van der Waals surface area contributed by atoms with Crippen LogP contribution < -0.4 is 10.5 Å². The van der Waals surface area contributed by atoms with Crippen molar-refractivity contribution in [3.63, 3.8) is 0 Å². The molecular weight excluding hydrogens is 538 g/mol. The van der Waals surface area contributed by atoms with Gasteiger partial charge in [-0.25, -0.2) is 9.38 Å². The number of carbonyl (C=O) groups is 2. The predicted molar refractivity (Wildman–Crippen MR) is 166 cm³/mol. The van der Waals surface area contributed by atoms with Crippen molar-refractivity contribution in [1.29, 1.82) is 0 Å². The molecule has 2 atom stereocenters. The zero-order valence-electron chi connectivity index (χ0n) is 26.4. The molecule has 1 fully saturated rings. The van der Waals surface area contributed by atoms with Crippen molar-refractivity contribution in [1.82, 2.24) is 9.80 Å². The third-order valence-corrected chi connectivity index (χ3v) is 7.72. The average molecular weight is 587 g/mol. The number of amides is 1. The molecule has 0 aliphatic carbocycles. The van der Waals surface area contributed by atoms with Crippen LogP contribution in [0.25, 0.3) is 5.57 Å². The van der Waals surface area contributed by atoms with Gasteiger partial charge >= 0.3 is 0 Å². The van der Waals surface area contributed by atoms with E-state index in [1.807, 2.05) is 20.8 Å². The molecule has 0 radical (unpaired) electrons. The second-order valence-corrected chi connectivity index (χ2v) is 10.7. The minimum Gasteiger partial charge on any atom is -0.493 e. The number of halogens is 2. The fourth-order valence-electron chi connectivity index (χ4n) is 5.00. The van der Waals surface area contributed by atoms with Crippen molar-refractivity contribution >= 4 is 23.1 Å². The van der Waals surface area contributed by atoms with Gasteiger partial charge in [0.15, 0.2) is 5.78 Å². The van der Waals surface area contributed by atoms with E-state index in [0.29, 0.717) is 43.6 Å². The summed E-state index contributed by atoms with van der Waals surface area (Å²) in [7, 11) is 0. The molecule has 2 N–H and O–H groups in total. The Labute approximate surface area is 250 Å². The van der Waals surface area contributed by atoms with Crippen molar-refractivity contribution in [2.45, 2.75) is 87.0 Å². The lowest BCUT2D eigenvalue weighted by Gasteiger charge is -2.39. The number of nitrogens with zero attached hydrogens (tertiary/aromatic N) is 3. The average Bonchev–Trinajstić information content (AvgIpc) is 2.99. The summed E-state index contributed by atoms with van der Waals surface area (Å²) in [4.78, 5) is 31.6. The van der Waals surface area contributed by atoms with Gasteiger partial charge in [0.1, 0.15) is 17.4 Å². The number of hydrogen-bond donors (Lipinski definition) is 1. The Balaban J connectivity index is 0.00000144. The van der Waals surface area contributed by atoms with Crippen LogP contribution in [0.3, 0.4) is 0 Å². The number of carbonyl (C=O) groups excluding carboxylic acids is 2. The Morgan fingerprint density at radius 3 is 2.38 bits per heavy atom. The number of ketones is 1. The first-order chi connectivity index (χ1) is 20.0. The third kappa shape index (κ3) is 8.07. The molecule has 0 spiro atoms. The molecule has 0 aromatic heterocycles. The lowest BCUT2D eigenvalue weighted by Crippen LogP contribution is -2.43. The number of Topliss-reactive ketones (excluding diaryl/α,β-unsaturated/α-hetero) is 1. The molecule has 0 saturated carbocycles. The van der Waals surface area contributed by atoms with Crippen LogP contribution in [0, 0.1) is 17.7 Å². The predicted octanol–water partition coefficient (Wildman–Crippen LogP) is 7.59. The summed E-state index contributed by atoms with van der Waals surface area (Å²) in [5.74, 6) is -1.98. The fourth-order valence-corrected chi connectivity index (χ4v) is 5.00. The number of ether oxygens (including phenoxy) is 1. The highest BCUT2D eigenvalue weighted by atomic mass is 19.1. The Hall–Kier alpha value is -3.49. The molecule has 2 aliphatic heterocycles. The van der Waals surface area contributed by atoms with E-state index in [4.69, 9.17) is 10.5 Å². The van der Waals surface area contributed by atoms with Crippen LogP contribution in [0.2, 0.25) is 0 Å². The van der Waals surface area contributed by atoms with Gasteiger partial charge in [-0.05, 0) is 56.7 Å². The molecule has 2 aliphatic rings. The smallest absolute Gasteiger partial charge is 0.222 e. The summed E-state index contributed by atoms with van der Waals surface area (Å²) in [5.41, 5.74) is 7.69. The highest BCUT2D eigenvalue weighted by molar-refractivity contribution is 6.06. The molecule has 42 heavy (non-hydrogen) atoms. The van der Waals surface area contributed by atoms with E-state index >= 15 is 8.78 Å². The zero-order valence-corrected chi connectivity index (χ0v) is 26.4. The Bertz CT molecular complexity index is 1240. The number of rotatable bonds is 10. The van der Waals surface area contributed by atoms with Gasteiger partial charge in [-0.3, -0.25) is 14.5 Å². The van der Waals surface area contributed by atoms with Crippen LogP contribution in [0.1, 0.15) is 103 Å². The summed E-state index contributed by atoms with van der Waals surface area (Å²) in [6.45, 7) is 18.6. The SMILES string of the molecule is C=C(C1CCCN(C(=O)CC)C1)N1C(F)=CN=C(N)/C1=C(\c1c(F)cc(C(C)=O)cc1OCC)[C@H](C)CC.CCCC. The van der Waals surface area contributed by atoms with Gasteiger partial charge in [-0.15, -0.1) is 0 Å². The van der Waals surface area contributed by atoms with E-state index in [2.05, 4.69) is 25.4 Å². The fraction of sp³-hybridized carbons (Fsp3) is 0.545. The van der Waals surface area contributed by atoms with Crippen molar-refractivity contribution < 1.29 is 23.1 Å². The normalized spacial score (nSPS) is 18.7. The van der Waals surface area contributed by atoms with Gasteiger partial charge in [0.2, 0.25) is 11.9 Å². The molecule has 1 aromatic carbocycles. The van der Waals surface area contributed by atoms with E-state index in [1.165, 1.54) is 36.8 Å². The van der Waals surface area contributed by atoms with Gasteiger partial charge < -0.3 is 15.4 Å². The second-order valence-electron chi connectivity index (χ2n) is 10.7. The van der Waals surface area contributed by atoms with Crippen LogP contribution in [0.15, 0.2) is 47.2 Å². The first-order valence-electron chi connectivity index (χ1n) is 15.1. The topological polar surface area (TPSA) is 88.2 Å². The molecule has 2 heterocycles. The third-order valence-electron chi connectivity index (χ3n) is 7.72. The van der Waals surface area contributed by atoms with Gasteiger partial charge in [0, 0.05) is 36.7 Å². The quantitative estimate of drug-likeness (QED) is 0.225. The molecule has 1 aromatic rings. The molecule has 9 heteroatoms. The second kappa shape index (κ2) is 16.2. The van der Waals surface area contributed by atoms with Gasteiger partial charge in [-0.1, -0.05) is 54.0 Å².